The number of benzene rings is 1. The third kappa shape index (κ3) is 2.57. The van der Waals surface area contributed by atoms with Gasteiger partial charge in [0.15, 0.2) is 0 Å². The van der Waals surface area contributed by atoms with Crippen LogP contribution < -0.4 is 16.6 Å². The lowest BCUT2D eigenvalue weighted by molar-refractivity contribution is 0.641. The average Bonchev–Trinajstić information content (AvgIpc) is 3.16. The summed E-state index contributed by atoms with van der Waals surface area (Å²) in [5.41, 5.74) is 7.39. The first-order valence-electron chi connectivity index (χ1n) is 7.85. The maximum absolute atomic E-state index is 15.1. The summed E-state index contributed by atoms with van der Waals surface area (Å²) in [4.78, 5) is 16.7. The van der Waals surface area contributed by atoms with Crippen molar-refractivity contribution in [3.05, 3.63) is 65.0 Å². The van der Waals surface area contributed by atoms with Gasteiger partial charge in [0.25, 0.3) is 5.56 Å². The van der Waals surface area contributed by atoms with Crippen LogP contribution in [0.1, 0.15) is 0 Å². The van der Waals surface area contributed by atoms with Gasteiger partial charge in [-0.15, -0.1) is 0 Å². The van der Waals surface area contributed by atoms with E-state index in [1.807, 2.05) is 0 Å². The number of pyridine rings is 2. The molecule has 8 heteroatoms. The van der Waals surface area contributed by atoms with E-state index >= 15 is 4.39 Å². The molecular weight excluding hydrogens is 335 g/mol. The van der Waals surface area contributed by atoms with Crippen LogP contribution in [0.5, 0.6) is 0 Å². The lowest BCUT2D eigenvalue weighted by Gasteiger charge is -2.12. The highest BCUT2D eigenvalue weighted by atomic mass is 19.1. The molecule has 26 heavy (non-hydrogen) atoms. The molecule has 0 saturated heterocycles. The SMILES string of the molecule is Cn1c(=O)c(Nc2ccc(N)cn2)cc2c(F)c(-c3cc[nH]n3)ccc21. The summed E-state index contributed by atoms with van der Waals surface area (Å²) in [6.45, 7) is 0. The highest BCUT2D eigenvalue weighted by molar-refractivity contribution is 5.88. The second-order valence-corrected chi connectivity index (χ2v) is 5.84. The number of aryl methyl sites for hydroxylation is 1. The summed E-state index contributed by atoms with van der Waals surface area (Å²) < 4.78 is 16.5. The van der Waals surface area contributed by atoms with Crippen molar-refractivity contribution in [2.75, 3.05) is 11.1 Å². The van der Waals surface area contributed by atoms with Crippen LogP contribution in [0.2, 0.25) is 0 Å². The minimum atomic E-state index is -0.446. The highest BCUT2D eigenvalue weighted by Crippen LogP contribution is 2.28. The molecule has 0 unspecified atom stereocenters. The fraction of sp³-hybridized carbons (Fsp3) is 0.0556. The van der Waals surface area contributed by atoms with Gasteiger partial charge in [-0.25, -0.2) is 9.37 Å². The molecule has 0 fully saturated rings. The van der Waals surface area contributed by atoms with Crippen LogP contribution in [0.15, 0.2) is 53.6 Å². The zero-order chi connectivity index (χ0) is 18.3. The van der Waals surface area contributed by atoms with Gasteiger partial charge >= 0.3 is 0 Å². The van der Waals surface area contributed by atoms with Crippen molar-refractivity contribution in [3.63, 3.8) is 0 Å². The van der Waals surface area contributed by atoms with Crippen molar-refractivity contribution in [2.45, 2.75) is 0 Å². The van der Waals surface area contributed by atoms with Crippen LogP contribution in [-0.4, -0.2) is 19.7 Å². The number of aromatic amines is 1. The van der Waals surface area contributed by atoms with Gasteiger partial charge in [0.1, 0.15) is 17.3 Å². The van der Waals surface area contributed by atoms with Gasteiger partial charge in [0.2, 0.25) is 0 Å². The van der Waals surface area contributed by atoms with Crippen molar-refractivity contribution in [2.24, 2.45) is 7.05 Å². The van der Waals surface area contributed by atoms with E-state index in [0.717, 1.165) is 0 Å². The van der Waals surface area contributed by atoms with E-state index in [2.05, 4.69) is 20.5 Å². The smallest absolute Gasteiger partial charge is 0.274 e. The number of anilines is 3. The van der Waals surface area contributed by atoms with E-state index in [0.29, 0.717) is 33.7 Å². The lowest BCUT2D eigenvalue weighted by Crippen LogP contribution is -2.20. The second-order valence-electron chi connectivity index (χ2n) is 5.84. The number of hydrogen-bond donors (Lipinski definition) is 3. The average molecular weight is 350 g/mol. The fourth-order valence-corrected chi connectivity index (χ4v) is 2.82. The van der Waals surface area contributed by atoms with E-state index in [9.17, 15) is 4.79 Å². The second kappa shape index (κ2) is 5.99. The van der Waals surface area contributed by atoms with Crippen molar-refractivity contribution >= 4 is 28.1 Å². The third-order valence-electron chi connectivity index (χ3n) is 4.17. The Morgan fingerprint density at radius 1 is 1.23 bits per heavy atom. The zero-order valence-corrected chi connectivity index (χ0v) is 13.8. The Balaban J connectivity index is 1.88. The summed E-state index contributed by atoms with van der Waals surface area (Å²) in [5.74, 6) is -0.00182. The lowest BCUT2D eigenvalue weighted by atomic mass is 10.1. The van der Waals surface area contributed by atoms with Crippen LogP contribution in [0.4, 0.5) is 21.6 Å². The largest absolute Gasteiger partial charge is 0.397 e. The summed E-state index contributed by atoms with van der Waals surface area (Å²) in [6.07, 6.45) is 3.10. The topological polar surface area (TPSA) is 102 Å². The van der Waals surface area contributed by atoms with Crippen LogP contribution in [0, 0.1) is 5.82 Å². The van der Waals surface area contributed by atoms with Crippen molar-refractivity contribution in [3.8, 4) is 11.3 Å². The summed E-state index contributed by atoms with van der Waals surface area (Å²) in [5, 5.41) is 9.93. The molecule has 130 valence electrons. The number of rotatable bonds is 3. The third-order valence-corrected chi connectivity index (χ3v) is 4.17. The Morgan fingerprint density at radius 2 is 2.08 bits per heavy atom. The molecule has 4 rings (SSSR count). The molecule has 0 atom stereocenters. The standard InChI is InChI=1S/C18H15FN6O/c1-25-15-4-3-11(13-6-7-22-24-13)17(19)12(15)8-14(18(25)26)23-16-5-2-10(20)9-21-16/h2-9H,20H2,1H3,(H,21,23)(H,22,24). The van der Waals surface area contributed by atoms with Crippen molar-refractivity contribution < 1.29 is 4.39 Å². The van der Waals surface area contributed by atoms with Gasteiger partial charge in [-0.2, -0.15) is 5.10 Å². The molecule has 4 N–H and O–H groups in total. The van der Waals surface area contributed by atoms with Gasteiger partial charge < -0.3 is 15.6 Å². The molecule has 3 aromatic heterocycles. The van der Waals surface area contributed by atoms with Crippen LogP contribution in [-0.2, 0) is 7.05 Å². The molecule has 3 heterocycles. The van der Waals surface area contributed by atoms with Gasteiger partial charge in [0, 0.05) is 24.2 Å². The molecule has 0 aliphatic heterocycles. The first-order valence-corrected chi connectivity index (χ1v) is 7.85. The molecule has 0 aliphatic carbocycles. The number of aromatic nitrogens is 4. The predicted molar refractivity (Wildman–Crippen MR) is 98.7 cm³/mol. The minimum absolute atomic E-state index is 0.218. The number of halogens is 1. The first-order chi connectivity index (χ1) is 12.5. The molecule has 0 radical (unpaired) electrons. The molecule has 0 amide bonds. The molecule has 1 aromatic carbocycles. The Labute approximate surface area is 147 Å². The number of nitrogens with zero attached hydrogens (tertiary/aromatic N) is 3. The molecule has 0 aliphatic rings. The molecule has 0 bridgehead atoms. The maximum Gasteiger partial charge on any atom is 0.274 e. The normalized spacial score (nSPS) is 11.0. The quantitative estimate of drug-likeness (QED) is 0.527. The zero-order valence-electron chi connectivity index (χ0n) is 13.8. The highest BCUT2D eigenvalue weighted by Gasteiger charge is 2.15. The number of hydrogen-bond acceptors (Lipinski definition) is 5. The van der Waals surface area contributed by atoms with Gasteiger partial charge in [0.05, 0.1) is 23.1 Å². The van der Waals surface area contributed by atoms with Gasteiger partial charge in [-0.05, 0) is 36.4 Å². The van der Waals surface area contributed by atoms with E-state index in [1.165, 1.54) is 16.8 Å². The van der Waals surface area contributed by atoms with E-state index in [-0.39, 0.29) is 11.2 Å². The number of fused-ring (bicyclic) bond motifs is 1. The van der Waals surface area contributed by atoms with Crippen molar-refractivity contribution in [1.29, 1.82) is 0 Å². The molecule has 0 saturated carbocycles. The summed E-state index contributed by atoms with van der Waals surface area (Å²) in [7, 11) is 1.60. The number of nitrogen functional groups attached to an aromatic ring is 1. The Morgan fingerprint density at radius 3 is 2.77 bits per heavy atom. The predicted octanol–water partition coefficient (Wildman–Crippen LogP) is 2.79. The maximum atomic E-state index is 15.1. The molecule has 0 spiro atoms. The fourth-order valence-electron chi connectivity index (χ4n) is 2.82. The molecule has 7 nitrogen and oxygen atoms in total. The van der Waals surface area contributed by atoms with Crippen LogP contribution >= 0.6 is 0 Å². The molecule has 4 aromatic rings. The van der Waals surface area contributed by atoms with E-state index < -0.39 is 5.82 Å². The number of nitrogens with one attached hydrogen (secondary N) is 2. The summed E-state index contributed by atoms with van der Waals surface area (Å²) in [6, 6.07) is 9.80. The van der Waals surface area contributed by atoms with E-state index in [4.69, 9.17) is 5.73 Å². The Hall–Kier alpha value is -3.68. The first kappa shape index (κ1) is 15.8. The summed E-state index contributed by atoms with van der Waals surface area (Å²) >= 11 is 0. The number of nitrogens with two attached hydrogens (primary N) is 1. The van der Waals surface area contributed by atoms with E-state index in [1.54, 1.807) is 43.6 Å². The number of H-pyrrole nitrogens is 1. The van der Waals surface area contributed by atoms with Crippen LogP contribution in [0.3, 0.4) is 0 Å². The Bertz CT molecular complexity index is 1150. The van der Waals surface area contributed by atoms with Gasteiger partial charge in [-0.1, -0.05) is 0 Å². The monoisotopic (exact) mass is 350 g/mol. The van der Waals surface area contributed by atoms with Crippen molar-refractivity contribution in [1.82, 2.24) is 19.7 Å². The van der Waals surface area contributed by atoms with Crippen LogP contribution in [0.25, 0.3) is 22.2 Å². The Kier molecular flexibility index (Phi) is 3.65. The molecular formula is C18H15FN6O. The minimum Gasteiger partial charge on any atom is -0.397 e. The van der Waals surface area contributed by atoms with Gasteiger partial charge in [-0.3, -0.25) is 9.89 Å².